The molecule has 2 heterocycles. The maximum Gasteiger partial charge on any atom is 0.313 e. The van der Waals surface area contributed by atoms with Crippen molar-refractivity contribution in [3.05, 3.63) is 88.7 Å². The molecule has 4 rings (SSSR count). The number of ether oxygens (including phenoxy) is 1. The first-order chi connectivity index (χ1) is 18.4. The molecule has 3 N–H and O–H groups in total. The maximum absolute atomic E-state index is 15.4. The third-order valence-corrected chi connectivity index (χ3v) is 6.15. The lowest BCUT2D eigenvalue weighted by atomic mass is 9.83. The van der Waals surface area contributed by atoms with E-state index >= 15 is 4.39 Å². The minimum atomic E-state index is -2.87. The number of alkyl halides is 2. The molecule has 7 nitrogen and oxygen atoms in total. The Kier molecular flexibility index (Phi) is 7.53. The van der Waals surface area contributed by atoms with E-state index in [9.17, 15) is 23.1 Å². The highest BCUT2D eigenvalue weighted by molar-refractivity contribution is 5.85. The zero-order valence-electron chi connectivity index (χ0n) is 21.2. The van der Waals surface area contributed by atoms with E-state index in [4.69, 9.17) is 10.5 Å². The minimum absolute atomic E-state index is 0.0347. The molecule has 0 aliphatic heterocycles. The van der Waals surface area contributed by atoms with E-state index in [-0.39, 0.29) is 45.5 Å². The average molecular weight is 541 g/mol. The molecule has 39 heavy (non-hydrogen) atoms. The number of carboxylic acid groups (broad SMARTS) is 1. The lowest BCUT2D eigenvalue weighted by molar-refractivity contribution is -0.142. The lowest BCUT2D eigenvalue weighted by Gasteiger charge is -2.22. The summed E-state index contributed by atoms with van der Waals surface area (Å²) in [7, 11) is 0. The number of anilines is 1. The van der Waals surface area contributed by atoms with Crippen LogP contribution in [0.5, 0.6) is 5.88 Å². The van der Waals surface area contributed by atoms with Crippen molar-refractivity contribution >= 4 is 11.9 Å². The van der Waals surface area contributed by atoms with E-state index in [2.05, 4.69) is 15.0 Å². The fourth-order valence-electron chi connectivity index (χ4n) is 4.02. The quantitative estimate of drug-likeness (QED) is 0.254. The molecule has 0 fully saturated rings. The Labute approximate surface area is 221 Å². The molecule has 0 atom stereocenters. The van der Waals surface area contributed by atoms with Gasteiger partial charge in [-0.3, -0.25) is 9.78 Å². The number of aromatic nitrogens is 3. The summed E-state index contributed by atoms with van der Waals surface area (Å²) < 4.78 is 62.1. The zero-order chi connectivity index (χ0) is 28.5. The highest BCUT2D eigenvalue weighted by Crippen LogP contribution is 2.39. The minimum Gasteiger partial charge on any atom is -0.481 e. The topological polar surface area (TPSA) is 111 Å². The first-order valence-electron chi connectivity index (χ1n) is 11.7. The van der Waals surface area contributed by atoms with Crippen molar-refractivity contribution in [1.82, 2.24) is 15.0 Å². The summed E-state index contributed by atoms with van der Waals surface area (Å²) >= 11 is 0. The second-order valence-electron chi connectivity index (χ2n) is 9.34. The van der Waals surface area contributed by atoms with Gasteiger partial charge < -0.3 is 15.6 Å². The molecular formula is C28H24F4N4O3. The van der Waals surface area contributed by atoms with E-state index in [0.29, 0.717) is 5.56 Å². The van der Waals surface area contributed by atoms with Gasteiger partial charge in [-0.05, 0) is 62.7 Å². The van der Waals surface area contributed by atoms with Gasteiger partial charge in [-0.15, -0.1) is 0 Å². The molecule has 2 aromatic carbocycles. The second kappa shape index (κ2) is 10.7. The second-order valence-corrected chi connectivity index (χ2v) is 9.34. The van der Waals surface area contributed by atoms with Crippen molar-refractivity contribution in [1.29, 1.82) is 0 Å². The Morgan fingerprint density at radius 2 is 1.72 bits per heavy atom. The molecule has 11 heteroatoms. The Balaban J connectivity index is 1.87. The Hall–Kier alpha value is -4.54. The molecule has 202 valence electrons. The van der Waals surface area contributed by atoms with Gasteiger partial charge in [0.2, 0.25) is 11.8 Å². The number of hydrogen-bond donors (Lipinski definition) is 2. The van der Waals surface area contributed by atoms with Crippen molar-refractivity contribution in [2.75, 3.05) is 5.73 Å². The third-order valence-electron chi connectivity index (χ3n) is 6.15. The number of nitrogens with zero attached hydrogens (tertiary/aromatic N) is 3. The first kappa shape index (κ1) is 27.5. The highest BCUT2D eigenvalue weighted by Gasteiger charge is 2.33. The molecule has 0 aliphatic carbocycles. The SMILES string of the molecule is Cc1cc(-c2c(OCc3cccc(C(C)(C)C(=O)O)c3F)nc(N)nc2-c2ccc(F)cc2)cc(C(F)F)n1. The van der Waals surface area contributed by atoms with Gasteiger partial charge in [0.05, 0.1) is 16.7 Å². The number of nitrogen functional groups attached to an aromatic ring is 1. The van der Waals surface area contributed by atoms with Crippen LogP contribution in [-0.2, 0) is 16.8 Å². The summed E-state index contributed by atoms with van der Waals surface area (Å²) in [5.41, 5.74) is 5.17. The molecule has 2 aromatic heterocycles. The fraction of sp³-hybridized carbons (Fsp3) is 0.214. The van der Waals surface area contributed by atoms with Gasteiger partial charge in [-0.2, -0.15) is 4.98 Å². The van der Waals surface area contributed by atoms with Crippen molar-refractivity contribution in [3.63, 3.8) is 0 Å². The number of halogens is 4. The molecule has 0 saturated carbocycles. The van der Waals surface area contributed by atoms with Crippen LogP contribution < -0.4 is 10.5 Å². The molecule has 0 saturated heterocycles. The van der Waals surface area contributed by atoms with Crippen molar-refractivity contribution in [2.45, 2.75) is 39.2 Å². The summed E-state index contributed by atoms with van der Waals surface area (Å²) in [5, 5.41) is 9.54. The number of nitrogens with two attached hydrogens (primary N) is 1. The first-order valence-corrected chi connectivity index (χ1v) is 11.7. The number of carboxylic acids is 1. The van der Waals surface area contributed by atoms with Gasteiger partial charge >= 0.3 is 5.97 Å². The maximum atomic E-state index is 15.4. The van der Waals surface area contributed by atoms with Crippen LogP contribution in [0.3, 0.4) is 0 Å². The van der Waals surface area contributed by atoms with Crippen LogP contribution in [0, 0.1) is 18.6 Å². The van der Waals surface area contributed by atoms with E-state index in [1.54, 1.807) is 0 Å². The predicted molar refractivity (Wildman–Crippen MR) is 136 cm³/mol. The fourth-order valence-corrected chi connectivity index (χ4v) is 4.02. The van der Waals surface area contributed by atoms with Crippen LogP contribution in [0.15, 0.2) is 54.6 Å². The Morgan fingerprint density at radius 3 is 2.36 bits per heavy atom. The molecule has 0 bridgehead atoms. The van der Waals surface area contributed by atoms with Crippen molar-refractivity contribution in [2.24, 2.45) is 0 Å². The van der Waals surface area contributed by atoms with E-state index < -0.39 is 41.7 Å². The molecular weight excluding hydrogens is 516 g/mol. The Morgan fingerprint density at radius 1 is 1.03 bits per heavy atom. The lowest BCUT2D eigenvalue weighted by Crippen LogP contribution is -2.30. The predicted octanol–water partition coefficient (Wildman–Crippen LogP) is 6.25. The summed E-state index contributed by atoms with van der Waals surface area (Å²) in [6, 6.07) is 12.2. The van der Waals surface area contributed by atoms with Crippen LogP contribution >= 0.6 is 0 Å². The van der Waals surface area contributed by atoms with Gasteiger partial charge in [0.25, 0.3) is 6.43 Å². The van der Waals surface area contributed by atoms with Crippen molar-refractivity contribution < 1.29 is 32.2 Å². The number of carbonyl (C=O) groups is 1. The van der Waals surface area contributed by atoms with E-state index in [1.807, 2.05) is 0 Å². The van der Waals surface area contributed by atoms with Gasteiger partial charge in [-0.25, -0.2) is 22.5 Å². The number of rotatable bonds is 8. The molecule has 0 unspecified atom stereocenters. The van der Waals surface area contributed by atoms with Gasteiger partial charge in [-0.1, -0.05) is 18.2 Å². The molecule has 0 radical (unpaired) electrons. The molecule has 0 spiro atoms. The van der Waals surface area contributed by atoms with Crippen LogP contribution in [0.2, 0.25) is 0 Å². The third kappa shape index (κ3) is 5.66. The smallest absolute Gasteiger partial charge is 0.313 e. The summed E-state index contributed by atoms with van der Waals surface area (Å²) in [6.07, 6.45) is -2.87. The van der Waals surface area contributed by atoms with Crippen LogP contribution in [0.1, 0.15) is 42.8 Å². The number of aliphatic carboxylic acids is 1. The number of aryl methyl sites for hydroxylation is 1. The zero-order valence-corrected chi connectivity index (χ0v) is 21.2. The normalized spacial score (nSPS) is 11.6. The summed E-state index contributed by atoms with van der Waals surface area (Å²) in [6.45, 7) is 3.90. The van der Waals surface area contributed by atoms with E-state index in [1.165, 1.54) is 69.3 Å². The number of pyridine rings is 1. The van der Waals surface area contributed by atoms with Crippen molar-refractivity contribution in [3.8, 4) is 28.3 Å². The molecule has 4 aromatic rings. The standard InChI is InChI=1S/C28H24F4N4O3/c1-14-11-17(12-20(34-14)24(31)32)21-23(15-7-9-18(29)10-8-15)35-27(33)36-25(21)39-13-16-5-4-6-19(22(16)30)28(2,3)26(37)38/h4-12,24H,13H2,1-3H3,(H,37,38)(H2,33,35,36). The van der Waals surface area contributed by atoms with Crippen LogP contribution in [-0.4, -0.2) is 26.0 Å². The van der Waals surface area contributed by atoms with E-state index in [0.717, 1.165) is 6.07 Å². The van der Waals surface area contributed by atoms with Crippen LogP contribution in [0.25, 0.3) is 22.4 Å². The van der Waals surface area contributed by atoms with Gasteiger partial charge in [0.1, 0.15) is 23.9 Å². The summed E-state index contributed by atoms with van der Waals surface area (Å²) in [5.74, 6) is -2.86. The monoisotopic (exact) mass is 540 g/mol. The molecule has 0 aliphatic rings. The number of hydrogen-bond acceptors (Lipinski definition) is 6. The van der Waals surface area contributed by atoms with Gasteiger partial charge in [0, 0.05) is 22.4 Å². The Bertz CT molecular complexity index is 1540. The molecule has 0 amide bonds. The average Bonchev–Trinajstić information content (AvgIpc) is 2.87. The highest BCUT2D eigenvalue weighted by atomic mass is 19.3. The largest absolute Gasteiger partial charge is 0.481 e. The van der Waals surface area contributed by atoms with Gasteiger partial charge in [0.15, 0.2) is 0 Å². The number of benzene rings is 2. The summed E-state index contributed by atoms with van der Waals surface area (Å²) in [4.78, 5) is 24.0. The van der Waals surface area contributed by atoms with Crippen LogP contribution in [0.4, 0.5) is 23.5 Å².